The van der Waals surface area contributed by atoms with Crippen LogP contribution < -0.4 is 10.6 Å². The van der Waals surface area contributed by atoms with Gasteiger partial charge in [0.15, 0.2) is 0 Å². The lowest BCUT2D eigenvalue weighted by molar-refractivity contribution is -0.139. The maximum atomic E-state index is 13.9. The molecule has 1 saturated carbocycles. The molecule has 2 N–H and O–H groups in total. The summed E-state index contributed by atoms with van der Waals surface area (Å²) in [5, 5.41) is 0. The number of carbonyl (C=O) groups excluding carboxylic acids is 1. The maximum Gasteiger partial charge on any atom is 0.227 e. The second-order valence-electron chi connectivity index (χ2n) is 7.07. The van der Waals surface area contributed by atoms with Crippen molar-refractivity contribution in [3.63, 3.8) is 0 Å². The largest absolute Gasteiger partial charge is 0.366 e. The van der Waals surface area contributed by atoms with Gasteiger partial charge in [0.05, 0.1) is 11.6 Å². The number of carbonyl (C=O) groups is 1. The summed E-state index contributed by atoms with van der Waals surface area (Å²) in [6, 6.07) is 6.82. The third-order valence-electron chi connectivity index (χ3n) is 5.34. The molecule has 3 rings (SSSR count). The third kappa shape index (κ3) is 3.34. The Bertz CT molecular complexity index is 567. The summed E-state index contributed by atoms with van der Waals surface area (Å²) in [5.41, 5.74) is 6.60. The second kappa shape index (κ2) is 6.48. The van der Waals surface area contributed by atoms with E-state index in [1.807, 2.05) is 22.8 Å². The molecule has 1 aromatic rings. The molecule has 1 amide bonds. The third-order valence-corrected chi connectivity index (χ3v) is 5.34. The zero-order chi connectivity index (χ0) is 16.4. The molecule has 2 fully saturated rings. The van der Waals surface area contributed by atoms with Crippen molar-refractivity contribution in [3.05, 3.63) is 30.1 Å². The highest BCUT2D eigenvalue weighted by molar-refractivity contribution is 5.80. The van der Waals surface area contributed by atoms with Gasteiger partial charge in [0.25, 0.3) is 0 Å². The van der Waals surface area contributed by atoms with Crippen molar-refractivity contribution >= 4 is 11.6 Å². The van der Waals surface area contributed by atoms with E-state index in [0.717, 1.165) is 25.7 Å². The number of anilines is 1. The summed E-state index contributed by atoms with van der Waals surface area (Å²) in [6.07, 6.45) is 3.99. The molecule has 1 aromatic carbocycles. The predicted molar refractivity (Wildman–Crippen MR) is 89.7 cm³/mol. The molecule has 1 aliphatic heterocycles. The Hall–Kier alpha value is -1.62. The molecule has 1 aliphatic carbocycles. The smallest absolute Gasteiger partial charge is 0.227 e. The van der Waals surface area contributed by atoms with Crippen molar-refractivity contribution in [2.45, 2.75) is 38.1 Å². The minimum absolute atomic E-state index is 0.0729. The SMILES string of the molecule is CC1(N)CCCCC1C(=O)N1CCN(c2ccccc2F)CC1. The summed E-state index contributed by atoms with van der Waals surface area (Å²) in [7, 11) is 0. The first-order valence-electron chi connectivity index (χ1n) is 8.56. The normalized spacial score (nSPS) is 28.7. The molecule has 1 heterocycles. The van der Waals surface area contributed by atoms with Gasteiger partial charge in [0, 0.05) is 31.7 Å². The van der Waals surface area contributed by atoms with E-state index in [1.165, 1.54) is 6.07 Å². The van der Waals surface area contributed by atoms with Crippen molar-refractivity contribution in [3.8, 4) is 0 Å². The van der Waals surface area contributed by atoms with E-state index >= 15 is 0 Å². The molecule has 23 heavy (non-hydrogen) atoms. The molecular weight excluding hydrogens is 293 g/mol. The first-order chi connectivity index (χ1) is 11.0. The Morgan fingerprint density at radius 2 is 1.91 bits per heavy atom. The number of hydrogen-bond donors (Lipinski definition) is 1. The van der Waals surface area contributed by atoms with E-state index in [-0.39, 0.29) is 17.6 Å². The highest BCUT2D eigenvalue weighted by Gasteiger charge is 2.40. The number of piperazine rings is 1. The van der Waals surface area contributed by atoms with Crippen LogP contribution in [0.3, 0.4) is 0 Å². The molecule has 2 aliphatic rings. The van der Waals surface area contributed by atoms with Crippen molar-refractivity contribution in [2.24, 2.45) is 11.7 Å². The van der Waals surface area contributed by atoms with Gasteiger partial charge < -0.3 is 15.5 Å². The van der Waals surface area contributed by atoms with Crippen LogP contribution in [0, 0.1) is 11.7 Å². The Balaban J connectivity index is 1.62. The fraction of sp³-hybridized carbons (Fsp3) is 0.611. The fourth-order valence-electron chi connectivity index (χ4n) is 3.86. The van der Waals surface area contributed by atoms with E-state index in [0.29, 0.717) is 31.9 Å². The minimum atomic E-state index is -0.391. The molecule has 5 heteroatoms. The van der Waals surface area contributed by atoms with E-state index in [9.17, 15) is 9.18 Å². The van der Waals surface area contributed by atoms with Gasteiger partial charge >= 0.3 is 0 Å². The highest BCUT2D eigenvalue weighted by atomic mass is 19.1. The highest BCUT2D eigenvalue weighted by Crippen LogP contribution is 2.33. The molecular formula is C18H26FN3O. The van der Waals surface area contributed by atoms with Crippen molar-refractivity contribution in [1.82, 2.24) is 4.90 Å². The van der Waals surface area contributed by atoms with Crippen molar-refractivity contribution < 1.29 is 9.18 Å². The van der Waals surface area contributed by atoms with Crippen LogP contribution in [0.5, 0.6) is 0 Å². The molecule has 1 saturated heterocycles. The van der Waals surface area contributed by atoms with E-state index in [1.54, 1.807) is 12.1 Å². The summed E-state index contributed by atoms with van der Waals surface area (Å²) in [5.74, 6) is -0.0896. The lowest BCUT2D eigenvalue weighted by atomic mass is 9.74. The lowest BCUT2D eigenvalue weighted by Crippen LogP contribution is -2.57. The van der Waals surface area contributed by atoms with Crippen LogP contribution in [0.15, 0.2) is 24.3 Å². The van der Waals surface area contributed by atoms with E-state index in [2.05, 4.69) is 0 Å². The number of hydrogen-bond acceptors (Lipinski definition) is 3. The quantitative estimate of drug-likeness (QED) is 0.910. The zero-order valence-electron chi connectivity index (χ0n) is 13.8. The minimum Gasteiger partial charge on any atom is -0.366 e. The van der Waals surface area contributed by atoms with Crippen LogP contribution >= 0.6 is 0 Å². The molecule has 2 unspecified atom stereocenters. The number of para-hydroxylation sites is 1. The van der Waals surface area contributed by atoms with Gasteiger partial charge in [-0.1, -0.05) is 25.0 Å². The van der Waals surface area contributed by atoms with Crippen LogP contribution in [-0.4, -0.2) is 42.5 Å². The molecule has 0 radical (unpaired) electrons. The van der Waals surface area contributed by atoms with E-state index < -0.39 is 5.54 Å². The predicted octanol–water partition coefficient (Wildman–Crippen LogP) is 2.38. The van der Waals surface area contributed by atoms with Crippen LogP contribution in [0.4, 0.5) is 10.1 Å². The Labute approximate surface area is 137 Å². The average Bonchev–Trinajstić information content (AvgIpc) is 2.54. The zero-order valence-corrected chi connectivity index (χ0v) is 13.8. The number of benzene rings is 1. The number of nitrogens with two attached hydrogens (primary N) is 1. The summed E-state index contributed by atoms with van der Waals surface area (Å²) >= 11 is 0. The van der Waals surface area contributed by atoms with E-state index in [4.69, 9.17) is 5.73 Å². The Morgan fingerprint density at radius 3 is 2.57 bits per heavy atom. The average molecular weight is 319 g/mol. The fourth-order valence-corrected chi connectivity index (χ4v) is 3.86. The van der Waals surface area contributed by atoms with Crippen LogP contribution in [-0.2, 0) is 4.79 Å². The summed E-state index contributed by atoms with van der Waals surface area (Å²) in [6.45, 7) is 4.62. The van der Waals surface area contributed by atoms with Gasteiger partial charge in [0.1, 0.15) is 5.82 Å². The number of amides is 1. The van der Waals surface area contributed by atoms with Gasteiger partial charge in [-0.3, -0.25) is 4.79 Å². The monoisotopic (exact) mass is 319 g/mol. The first-order valence-corrected chi connectivity index (χ1v) is 8.56. The maximum absolute atomic E-state index is 13.9. The summed E-state index contributed by atoms with van der Waals surface area (Å²) < 4.78 is 13.9. The standard InChI is InChI=1S/C18H26FN3O/c1-18(20)9-5-4-6-14(18)17(23)22-12-10-21(11-13-22)16-8-3-2-7-15(16)19/h2-3,7-8,14H,4-6,9-13,20H2,1H3. The number of halogens is 1. The van der Waals surface area contributed by atoms with Gasteiger partial charge in [-0.2, -0.15) is 0 Å². The van der Waals surface area contributed by atoms with Gasteiger partial charge in [0.2, 0.25) is 5.91 Å². The van der Waals surface area contributed by atoms with Crippen LogP contribution in [0.2, 0.25) is 0 Å². The van der Waals surface area contributed by atoms with Gasteiger partial charge in [-0.15, -0.1) is 0 Å². The van der Waals surface area contributed by atoms with Crippen molar-refractivity contribution in [1.29, 1.82) is 0 Å². The summed E-state index contributed by atoms with van der Waals surface area (Å²) in [4.78, 5) is 16.8. The molecule has 4 nitrogen and oxygen atoms in total. The van der Waals surface area contributed by atoms with Crippen LogP contribution in [0.25, 0.3) is 0 Å². The lowest BCUT2D eigenvalue weighted by Gasteiger charge is -2.42. The molecule has 0 spiro atoms. The first kappa shape index (κ1) is 16.2. The topological polar surface area (TPSA) is 49.6 Å². The molecule has 2 atom stereocenters. The number of rotatable bonds is 2. The van der Waals surface area contributed by atoms with Crippen molar-refractivity contribution in [2.75, 3.05) is 31.1 Å². The second-order valence-corrected chi connectivity index (χ2v) is 7.07. The van der Waals surface area contributed by atoms with Gasteiger partial charge in [-0.05, 0) is 31.9 Å². The Morgan fingerprint density at radius 1 is 1.22 bits per heavy atom. The molecule has 0 aromatic heterocycles. The van der Waals surface area contributed by atoms with Gasteiger partial charge in [-0.25, -0.2) is 4.39 Å². The van der Waals surface area contributed by atoms with Crippen LogP contribution in [0.1, 0.15) is 32.6 Å². The Kier molecular flexibility index (Phi) is 4.57. The molecule has 126 valence electrons. The number of nitrogens with zero attached hydrogens (tertiary/aromatic N) is 2. The molecule has 0 bridgehead atoms.